The lowest BCUT2D eigenvalue weighted by molar-refractivity contribution is -0.141. The van der Waals surface area contributed by atoms with Gasteiger partial charge in [-0.3, -0.25) is 14.8 Å². The molecular weight excluding hydrogens is 362 g/mol. The zero-order valence-corrected chi connectivity index (χ0v) is 17.0. The summed E-state index contributed by atoms with van der Waals surface area (Å²) in [5, 5.41) is 12.7. The lowest BCUT2D eigenvalue weighted by Gasteiger charge is -2.39. The number of likely N-dealkylation sites (N-methyl/N-ethyl adjacent to an activating group) is 1. The van der Waals surface area contributed by atoms with Crippen LogP contribution in [-0.2, 0) is 11.2 Å². The molecule has 29 heavy (non-hydrogen) atoms. The van der Waals surface area contributed by atoms with Crippen molar-refractivity contribution in [2.45, 2.75) is 25.3 Å². The van der Waals surface area contributed by atoms with E-state index in [2.05, 4.69) is 69.9 Å². The normalized spacial score (nSPS) is 17.8. The van der Waals surface area contributed by atoms with Gasteiger partial charge in [0.2, 0.25) is 5.91 Å². The first kappa shape index (κ1) is 19.5. The zero-order valence-electron chi connectivity index (χ0n) is 17.0. The quantitative estimate of drug-likeness (QED) is 0.579. The number of amides is 1. The second kappa shape index (κ2) is 9.09. The van der Waals surface area contributed by atoms with Crippen LogP contribution in [-0.4, -0.2) is 65.2 Å². The Labute approximate surface area is 171 Å². The van der Waals surface area contributed by atoms with Crippen LogP contribution in [0.4, 0.5) is 5.82 Å². The van der Waals surface area contributed by atoms with Crippen molar-refractivity contribution >= 4 is 22.5 Å². The molecule has 1 amide bonds. The van der Waals surface area contributed by atoms with E-state index < -0.39 is 0 Å². The summed E-state index contributed by atoms with van der Waals surface area (Å²) >= 11 is 0. The Morgan fingerprint density at radius 2 is 2.00 bits per heavy atom. The Hall–Kier alpha value is -2.86. The van der Waals surface area contributed by atoms with Crippen LogP contribution in [0.1, 0.15) is 18.4 Å². The molecule has 152 valence electrons. The highest BCUT2D eigenvalue weighted by atomic mass is 16.2. The molecule has 0 spiro atoms. The van der Waals surface area contributed by atoms with Crippen LogP contribution in [0.5, 0.6) is 0 Å². The number of aromatic nitrogens is 2. The summed E-state index contributed by atoms with van der Waals surface area (Å²) in [6, 6.07) is 16.9. The van der Waals surface area contributed by atoms with Gasteiger partial charge in [0.05, 0.1) is 6.04 Å². The molecule has 2 aromatic carbocycles. The highest BCUT2D eigenvalue weighted by Crippen LogP contribution is 2.18. The fourth-order valence-corrected chi connectivity index (χ4v) is 4.04. The lowest BCUT2D eigenvalue weighted by atomic mass is 10.0. The molecule has 2 N–H and O–H groups in total. The van der Waals surface area contributed by atoms with Gasteiger partial charge >= 0.3 is 0 Å². The number of rotatable bonds is 8. The molecule has 3 aromatic rings. The second-order valence-corrected chi connectivity index (χ2v) is 7.78. The SMILES string of the molecule is CN1CCN(CCc2ccc3ccccc3c2)C(=O)[C@@H]1CCCNc1cc[nH]n1. The largest absolute Gasteiger partial charge is 0.369 e. The molecule has 0 unspecified atom stereocenters. The first-order valence-corrected chi connectivity index (χ1v) is 10.4. The molecular formula is C23H29N5O. The minimum Gasteiger partial charge on any atom is -0.369 e. The van der Waals surface area contributed by atoms with Crippen LogP contribution in [0.25, 0.3) is 10.8 Å². The van der Waals surface area contributed by atoms with Crippen molar-refractivity contribution in [3.63, 3.8) is 0 Å². The standard InChI is InChI=1S/C23H29N5O/c1-27-15-16-28(14-11-18-8-9-19-5-2-3-6-20(19)17-18)23(29)21(27)7-4-12-24-22-10-13-25-26-22/h2-3,5-6,8-10,13,17,21H,4,7,11-12,14-16H2,1H3,(H2,24,25,26)/t21-/m0/s1. The average molecular weight is 392 g/mol. The lowest BCUT2D eigenvalue weighted by Crippen LogP contribution is -2.55. The predicted octanol–water partition coefficient (Wildman–Crippen LogP) is 3.14. The van der Waals surface area contributed by atoms with Crippen molar-refractivity contribution in [1.82, 2.24) is 20.0 Å². The third-order valence-electron chi connectivity index (χ3n) is 5.80. The molecule has 6 heteroatoms. The van der Waals surface area contributed by atoms with Crippen molar-refractivity contribution in [3.8, 4) is 0 Å². The highest BCUT2D eigenvalue weighted by molar-refractivity contribution is 5.83. The first-order valence-electron chi connectivity index (χ1n) is 10.4. The van der Waals surface area contributed by atoms with Crippen LogP contribution >= 0.6 is 0 Å². The summed E-state index contributed by atoms with van der Waals surface area (Å²) < 4.78 is 0. The van der Waals surface area contributed by atoms with Gasteiger partial charge in [-0.1, -0.05) is 42.5 Å². The minimum absolute atomic E-state index is 0.0265. The Kier molecular flexibility index (Phi) is 6.10. The first-order chi connectivity index (χ1) is 14.2. The number of benzene rings is 2. The summed E-state index contributed by atoms with van der Waals surface area (Å²) in [7, 11) is 2.06. The van der Waals surface area contributed by atoms with Gasteiger partial charge in [0.25, 0.3) is 0 Å². The van der Waals surface area contributed by atoms with Crippen molar-refractivity contribution in [3.05, 3.63) is 60.3 Å². The van der Waals surface area contributed by atoms with E-state index >= 15 is 0 Å². The zero-order chi connectivity index (χ0) is 20.1. The predicted molar refractivity (Wildman–Crippen MR) is 117 cm³/mol. The number of H-pyrrole nitrogens is 1. The number of carbonyl (C=O) groups is 1. The number of hydrogen-bond acceptors (Lipinski definition) is 4. The molecule has 1 aliphatic rings. The number of anilines is 1. The van der Waals surface area contributed by atoms with Crippen LogP contribution in [0.3, 0.4) is 0 Å². The van der Waals surface area contributed by atoms with E-state index in [4.69, 9.17) is 0 Å². The van der Waals surface area contributed by atoms with Gasteiger partial charge in [0, 0.05) is 32.4 Å². The van der Waals surface area contributed by atoms with Crippen LogP contribution in [0.2, 0.25) is 0 Å². The number of nitrogens with one attached hydrogen (secondary N) is 2. The third kappa shape index (κ3) is 4.77. The molecule has 1 fully saturated rings. The van der Waals surface area contributed by atoms with Gasteiger partial charge in [-0.25, -0.2) is 0 Å². The van der Waals surface area contributed by atoms with Crippen molar-refractivity contribution < 1.29 is 4.79 Å². The van der Waals surface area contributed by atoms with Gasteiger partial charge in [-0.2, -0.15) is 5.10 Å². The number of piperazine rings is 1. The van der Waals surface area contributed by atoms with Crippen molar-refractivity contribution in [1.29, 1.82) is 0 Å². The van der Waals surface area contributed by atoms with E-state index in [1.165, 1.54) is 16.3 Å². The van der Waals surface area contributed by atoms with E-state index in [0.717, 1.165) is 51.3 Å². The monoisotopic (exact) mass is 391 g/mol. The average Bonchev–Trinajstić information content (AvgIpc) is 3.26. The smallest absolute Gasteiger partial charge is 0.239 e. The number of aromatic amines is 1. The van der Waals surface area contributed by atoms with E-state index in [1.54, 1.807) is 6.20 Å². The Morgan fingerprint density at radius 1 is 1.14 bits per heavy atom. The maximum atomic E-state index is 13.0. The summed E-state index contributed by atoms with van der Waals surface area (Å²) in [5.41, 5.74) is 1.29. The fraction of sp³-hybridized carbons (Fsp3) is 0.391. The van der Waals surface area contributed by atoms with Gasteiger partial charge in [0.1, 0.15) is 5.82 Å². The molecule has 6 nitrogen and oxygen atoms in total. The maximum Gasteiger partial charge on any atom is 0.239 e. The van der Waals surface area contributed by atoms with E-state index in [1.807, 2.05) is 11.0 Å². The summed E-state index contributed by atoms with van der Waals surface area (Å²) in [5.74, 6) is 1.12. The second-order valence-electron chi connectivity index (χ2n) is 7.78. The fourth-order valence-electron chi connectivity index (χ4n) is 4.04. The van der Waals surface area contributed by atoms with Crippen molar-refractivity contribution in [2.24, 2.45) is 0 Å². The van der Waals surface area contributed by atoms with Gasteiger partial charge in [0.15, 0.2) is 0 Å². The highest BCUT2D eigenvalue weighted by Gasteiger charge is 2.31. The molecule has 0 radical (unpaired) electrons. The molecule has 2 heterocycles. The molecule has 0 bridgehead atoms. The molecule has 1 saturated heterocycles. The maximum absolute atomic E-state index is 13.0. The van der Waals surface area contributed by atoms with Crippen LogP contribution < -0.4 is 5.32 Å². The minimum atomic E-state index is -0.0265. The van der Waals surface area contributed by atoms with Gasteiger partial charge < -0.3 is 10.2 Å². The van der Waals surface area contributed by atoms with E-state index in [-0.39, 0.29) is 11.9 Å². The molecule has 4 rings (SSSR count). The Balaban J connectivity index is 1.29. The number of nitrogens with zero attached hydrogens (tertiary/aromatic N) is 3. The molecule has 1 aliphatic heterocycles. The summed E-state index contributed by atoms with van der Waals surface area (Å²) in [6.45, 7) is 3.35. The van der Waals surface area contributed by atoms with E-state index in [9.17, 15) is 4.79 Å². The Morgan fingerprint density at radius 3 is 2.83 bits per heavy atom. The number of carbonyl (C=O) groups excluding carboxylic acids is 1. The van der Waals surface area contributed by atoms with Gasteiger partial charge in [-0.15, -0.1) is 0 Å². The summed E-state index contributed by atoms with van der Waals surface area (Å²) in [6.07, 6.45) is 4.49. The van der Waals surface area contributed by atoms with Crippen molar-refractivity contribution in [2.75, 3.05) is 38.5 Å². The van der Waals surface area contributed by atoms with Gasteiger partial charge in [-0.05, 0) is 48.7 Å². The van der Waals surface area contributed by atoms with Crippen LogP contribution in [0.15, 0.2) is 54.7 Å². The molecule has 0 aliphatic carbocycles. The van der Waals surface area contributed by atoms with E-state index in [0.29, 0.717) is 0 Å². The summed E-state index contributed by atoms with van der Waals surface area (Å²) in [4.78, 5) is 17.3. The van der Waals surface area contributed by atoms with Crippen LogP contribution in [0, 0.1) is 0 Å². The number of hydrogen-bond donors (Lipinski definition) is 2. The molecule has 0 saturated carbocycles. The third-order valence-corrected chi connectivity index (χ3v) is 5.80. The molecule has 1 aromatic heterocycles. The Bertz CT molecular complexity index is 939. The number of fused-ring (bicyclic) bond motifs is 1. The molecule has 1 atom stereocenters. The topological polar surface area (TPSA) is 64.3 Å².